The number of hydrogen-bond acceptors (Lipinski definition) is 4. The summed E-state index contributed by atoms with van der Waals surface area (Å²) < 4.78 is 3.26. The number of aromatic nitrogens is 5. The maximum Gasteiger partial charge on any atom is 0.271 e. The summed E-state index contributed by atoms with van der Waals surface area (Å²) >= 11 is 0. The molecule has 134 valence electrons. The number of rotatable bonds is 4. The fraction of sp³-hybridized carbons (Fsp3) is 0.333. The Balaban J connectivity index is 1.39. The van der Waals surface area contributed by atoms with E-state index in [-0.39, 0.29) is 23.2 Å². The van der Waals surface area contributed by atoms with Gasteiger partial charge in [-0.1, -0.05) is 18.2 Å². The van der Waals surface area contributed by atoms with E-state index < -0.39 is 0 Å². The van der Waals surface area contributed by atoms with Gasteiger partial charge in [-0.25, -0.2) is 14.3 Å². The van der Waals surface area contributed by atoms with Crippen molar-refractivity contribution in [3.63, 3.8) is 0 Å². The van der Waals surface area contributed by atoms with Crippen molar-refractivity contribution in [2.75, 3.05) is 0 Å². The predicted octanol–water partition coefficient (Wildman–Crippen LogP) is 1.67. The van der Waals surface area contributed by atoms with Crippen LogP contribution >= 0.6 is 0 Å². The number of amides is 1. The van der Waals surface area contributed by atoms with Crippen LogP contribution in [-0.4, -0.2) is 36.5 Å². The van der Waals surface area contributed by atoms with Gasteiger partial charge in [-0.2, -0.15) is 5.10 Å². The molecule has 1 aliphatic carbocycles. The molecule has 1 amide bonds. The first-order chi connectivity index (χ1) is 12.7. The predicted molar refractivity (Wildman–Crippen MR) is 95.2 cm³/mol. The van der Waals surface area contributed by atoms with Crippen LogP contribution in [0, 0.1) is 0 Å². The monoisotopic (exact) mass is 352 g/mol. The Labute approximate surface area is 149 Å². The van der Waals surface area contributed by atoms with E-state index in [2.05, 4.69) is 20.5 Å². The average Bonchev–Trinajstić information content (AvgIpc) is 3.33. The first kappa shape index (κ1) is 16.3. The van der Waals surface area contributed by atoms with Gasteiger partial charge in [-0.3, -0.25) is 14.7 Å². The zero-order chi connectivity index (χ0) is 17.9. The van der Waals surface area contributed by atoms with E-state index >= 15 is 0 Å². The molecule has 3 aromatic rings. The Kier molecular flexibility index (Phi) is 4.39. The molecule has 2 heterocycles. The minimum absolute atomic E-state index is 0.103. The number of carbonyl (C=O) groups is 1. The number of H-pyrrole nitrogens is 1. The number of carbonyl (C=O) groups excluding carboxylic acids is 1. The van der Waals surface area contributed by atoms with E-state index in [0.29, 0.717) is 11.7 Å². The topological polar surface area (TPSA) is 97.6 Å². The first-order valence-corrected chi connectivity index (χ1v) is 8.73. The van der Waals surface area contributed by atoms with Gasteiger partial charge in [-0.15, -0.1) is 0 Å². The first-order valence-electron chi connectivity index (χ1n) is 8.73. The zero-order valence-corrected chi connectivity index (χ0v) is 14.2. The fourth-order valence-corrected chi connectivity index (χ4v) is 3.43. The smallest absolute Gasteiger partial charge is 0.271 e. The van der Waals surface area contributed by atoms with Crippen LogP contribution in [0.4, 0.5) is 0 Å². The summed E-state index contributed by atoms with van der Waals surface area (Å²) in [4.78, 5) is 28.6. The summed E-state index contributed by atoms with van der Waals surface area (Å²) in [5.41, 5.74) is 0.721. The minimum atomic E-state index is -0.253. The van der Waals surface area contributed by atoms with Crippen LogP contribution in [0.1, 0.15) is 42.2 Å². The number of nitrogens with one attached hydrogen (secondary N) is 2. The third-order valence-corrected chi connectivity index (χ3v) is 4.82. The molecule has 0 saturated heterocycles. The van der Waals surface area contributed by atoms with Crippen LogP contribution in [0.3, 0.4) is 0 Å². The lowest BCUT2D eigenvalue weighted by atomic mass is 9.91. The number of aromatic amines is 1. The molecule has 0 spiro atoms. The second-order valence-corrected chi connectivity index (χ2v) is 6.53. The third-order valence-electron chi connectivity index (χ3n) is 4.82. The van der Waals surface area contributed by atoms with Crippen molar-refractivity contribution >= 4 is 5.91 Å². The normalized spacial score (nSPS) is 20.0. The highest BCUT2D eigenvalue weighted by atomic mass is 16.2. The lowest BCUT2D eigenvalue weighted by Crippen LogP contribution is -2.38. The molecule has 0 unspecified atom stereocenters. The average molecular weight is 352 g/mol. The van der Waals surface area contributed by atoms with Crippen molar-refractivity contribution in [3.05, 3.63) is 65.1 Å². The van der Waals surface area contributed by atoms with Gasteiger partial charge in [0.25, 0.3) is 11.5 Å². The molecule has 1 saturated carbocycles. The second-order valence-electron chi connectivity index (χ2n) is 6.53. The SMILES string of the molecule is O=C(NC1CCC(n2cncn2)CC1)c1cc(=O)n(-c2ccccc2)[nH]1. The van der Waals surface area contributed by atoms with Crippen molar-refractivity contribution in [1.82, 2.24) is 29.9 Å². The quantitative estimate of drug-likeness (QED) is 0.746. The lowest BCUT2D eigenvalue weighted by Gasteiger charge is -2.28. The standard InChI is InChI=1S/C18H20N6O2/c25-17-10-16(22-24(17)15-4-2-1-3-5-15)18(26)21-13-6-8-14(9-7-13)23-12-19-11-20-23/h1-5,10-14,22H,6-9H2,(H,21,26). The fourth-order valence-electron chi connectivity index (χ4n) is 3.43. The molecule has 1 fully saturated rings. The Bertz CT molecular complexity index is 920. The van der Waals surface area contributed by atoms with E-state index in [1.165, 1.54) is 10.7 Å². The molecule has 0 aliphatic heterocycles. The Hall–Kier alpha value is -3.16. The van der Waals surface area contributed by atoms with Crippen molar-refractivity contribution in [3.8, 4) is 5.69 Å². The van der Waals surface area contributed by atoms with Gasteiger partial charge in [0.05, 0.1) is 11.7 Å². The molecule has 0 atom stereocenters. The number of hydrogen-bond donors (Lipinski definition) is 2. The van der Waals surface area contributed by atoms with E-state index in [1.807, 2.05) is 35.0 Å². The minimum Gasteiger partial charge on any atom is -0.348 e. The number of nitrogens with zero attached hydrogens (tertiary/aromatic N) is 4. The molecule has 4 rings (SSSR count). The van der Waals surface area contributed by atoms with Gasteiger partial charge >= 0.3 is 0 Å². The number of para-hydroxylation sites is 1. The molecule has 0 radical (unpaired) electrons. The summed E-state index contributed by atoms with van der Waals surface area (Å²) in [5, 5.41) is 10.1. The highest BCUT2D eigenvalue weighted by Gasteiger charge is 2.24. The molecule has 0 bridgehead atoms. The van der Waals surface area contributed by atoms with Gasteiger partial charge in [0.15, 0.2) is 0 Å². The molecule has 26 heavy (non-hydrogen) atoms. The maximum absolute atomic E-state index is 12.5. The van der Waals surface area contributed by atoms with Gasteiger partial charge in [0.1, 0.15) is 18.3 Å². The summed E-state index contributed by atoms with van der Waals surface area (Å²) in [6, 6.07) is 11.0. The zero-order valence-electron chi connectivity index (χ0n) is 14.2. The molecule has 1 aromatic carbocycles. The van der Waals surface area contributed by atoms with Crippen molar-refractivity contribution in [2.45, 2.75) is 37.8 Å². The molecule has 1 aliphatic rings. The van der Waals surface area contributed by atoms with Gasteiger partial charge < -0.3 is 5.32 Å². The Morgan fingerprint density at radius 3 is 2.62 bits per heavy atom. The summed E-state index contributed by atoms with van der Waals surface area (Å²) in [6.07, 6.45) is 6.91. The summed E-state index contributed by atoms with van der Waals surface area (Å²) in [7, 11) is 0. The summed E-state index contributed by atoms with van der Waals surface area (Å²) in [5.74, 6) is -0.249. The Morgan fingerprint density at radius 2 is 1.92 bits per heavy atom. The van der Waals surface area contributed by atoms with Crippen LogP contribution in [0.25, 0.3) is 5.69 Å². The van der Waals surface area contributed by atoms with Crippen LogP contribution in [-0.2, 0) is 0 Å². The van der Waals surface area contributed by atoms with E-state index in [0.717, 1.165) is 25.7 Å². The number of benzene rings is 1. The van der Waals surface area contributed by atoms with Crippen molar-refractivity contribution in [2.24, 2.45) is 0 Å². The Morgan fingerprint density at radius 1 is 1.15 bits per heavy atom. The van der Waals surface area contributed by atoms with Gasteiger partial charge in [-0.05, 0) is 37.8 Å². The molecular formula is C18H20N6O2. The lowest BCUT2D eigenvalue weighted by molar-refractivity contribution is 0.0916. The van der Waals surface area contributed by atoms with E-state index in [4.69, 9.17) is 0 Å². The molecule has 2 N–H and O–H groups in total. The molecular weight excluding hydrogens is 332 g/mol. The van der Waals surface area contributed by atoms with E-state index in [9.17, 15) is 9.59 Å². The maximum atomic E-state index is 12.5. The second kappa shape index (κ2) is 6.99. The molecule has 2 aromatic heterocycles. The van der Waals surface area contributed by atoms with Crippen molar-refractivity contribution < 1.29 is 4.79 Å². The van der Waals surface area contributed by atoms with Crippen LogP contribution in [0.2, 0.25) is 0 Å². The van der Waals surface area contributed by atoms with E-state index in [1.54, 1.807) is 12.7 Å². The summed E-state index contributed by atoms with van der Waals surface area (Å²) in [6.45, 7) is 0. The molecule has 8 heteroatoms. The van der Waals surface area contributed by atoms with Crippen molar-refractivity contribution in [1.29, 1.82) is 0 Å². The van der Waals surface area contributed by atoms with Gasteiger partial charge in [0, 0.05) is 12.1 Å². The van der Waals surface area contributed by atoms with Crippen LogP contribution in [0.5, 0.6) is 0 Å². The highest BCUT2D eigenvalue weighted by molar-refractivity contribution is 5.92. The van der Waals surface area contributed by atoms with Gasteiger partial charge in [0.2, 0.25) is 0 Å². The van der Waals surface area contributed by atoms with Crippen LogP contribution in [0.15, 0.2) is 53.8 Å². The largest absolute Gasteiger partial charge is 0.348 e. The molecule has 8 nitrogen and oxygen atoms in total. The highest BCUT2D eigenvalue weighted by Crippen LogP contribution is 2.27. The third kappa shape index (κ3) is 3.30. The van der Waals surface area contributed by atoms with Crippen LogP contribution < -0.4 is 10.9 Å².